The first-order valence-corrected chi connectivity index (χ1v) is 12.4. The van der Waals surface area contributed by atoms with Crippen LogP contribution in [0.3, 0.4) is 0 Å². The number of aromatic nitrogens is 2. The van der Waals surface area contributed by atoms with E-state index in [4.69, 9.17) is 4.42 Å². The third kappa shape index (κ3) is 4.97. The zero-order valence-electron chi connectivity index (χ0n) is 17.1. The number of sulfonamides is 1. The molecule has 0 radical (unpaired) electrons. The van der Waals surface area contributed by atoms with Crippen LogP contribution in [-0.2, 0) is 16.4 Å². The normalized spacial score (nSPS) is 14.0. The molecule has 1 heterocycles. The van der Waals surface area contributed by atoms with E-state index in [-0.39, 0.29) is 17.0 Å². The Morgan fingerprint density at radius 2 is 1.81 bits per heavy atom. The summed E-state index contributed by atoms with van der Waals surface area (Å²) in [6.07, 6.45) is 4.23. The fraction of sp³-hybridized carbons (Fsp3) is 0.286. The number of carbonyl (C=O) groups is 1. The van der Waals surface area contributed by atoms with Crippen LogP contribution in [0, 0.1) is 0 Å². The van der Waals surface area contributed by atoms with E-state index >= 15 is 0 Å². The molecule has 0 bridgehead atoms. The van der Waals surface area contributed by atoms with E-state index in [0.717, 1.165) is 18.4 Å². The summed E-state index contributed by atoms with van der Waals surface area (Å²) in [5, 5.41) is 10.4. The monoisotopic (exact) mass is 458 g/mol. The van der Waals surface area contributed by atoms with Crippen molar-refractivity contribution in [2.75, 3.05) is 18.6 Å². The molecule has 1 aromatic heterocycles. The van der Waals surface area contributed by atoms with Crippen molar-refractivity contribution < 1.29 is 17.6 Å². The Morgan fingerprint density at radius 3 is 2.42 bits per heavy atom. The number of hydrogen-bond acceptors (Lipinski definition) is 7. The van der Waals surface area contributed by atoms with Crippen LogP contribution in [0.4, 0.5) is 6.01 Å². The fourth-order valence-corrected chi connectivity index (χ4v) is 4.87. The Balaban J connectivity index is 1.39. The van der Waals surface area contributed by atoms with Crippen LogP contribution in [0.25, 0.3) is 0 Å². The van der Waals surface area contributed by atoms with Gasteiger partial charge in [-0.25, -0.2) is 8.42 Å². The molecule has 8 nitrogen and oxygen atoms in total. The molecular weight excluding hydrogens is 436 g/mol. The minimum absolute atomic E-state index is 0.00843. The van der Waals surface area contributed by atoms with Crippen molar-refractivity contribution in [3.05, 3.63) is 65.5 Å². The molecule has 1 amide bonds. The standard InChI is InChI=1S/C21H22N4O4S2/c1-25(16-7-8-16)31(27,28)18-11-5-15(6-12-18)20(26)22-21-24-23-19(29-21)13-14-3-9-17(30-2)10-4-14/h3-6,9-12,16H,7-8,13H2,1-2H3,(H,22,24,26). The van der Waals surface area contributed by atoms with Crippen molar-refractivity contribution in [1.82, 2.24) is 14.5 Å². The quantitative estimate of drug-likeness (QED) is 0.516. The molecule has 1 N–H and O–H groups in total. The Hall–Kier alpha value is -2.69. The number of nitrogens with one attached hydrogen (secondary N) is 1. The predicted molar refractivity (Wildman–Crippen MR) is 118 cm³/mol. The first-order valence-electron chi connectivity index (χ1n) is 9.71. The molecule has 3 aromatic rings. The number of nitrogens with zero attached hydrogens (tertiary/aromatic N) is 3. The van der Waals surface area contributed by atoms with Gasteiger partial charge >= 0.3 is 6.01 Å². The predicted octanol–water partition coefficient (Wildman–Crippen LogP) is 3.42. The van der Waals surface area contributed by atoms with Gasteiger partial charge in [0.15, 0.2) is 0 Å². The Labute approximate surface area is 185 Å². The van der Waals surface area contributed by atoms with E-state index in [1.807, 2.05) is 30.5 Å². The van der Waals surface area contributed by atoms with Gasteiger partial charge in [0.25, 0.3) is 5.91 Å². The van der Waals surface area contributed by atoms with E-state index in [1.165, 1.54) is 33.5 Å². The second kappa shape index (κ2) is 8.81. The maximum Gasteiger partial charge on any atom is 0.322 e. The topological polar surface area (TPSA) is 105 Å². The highest BCUT2D eigenvalue weighted by molar-refractivity contribution is 7.98. The smallest absolute Gasteiger partial charge is 0.322 e. The molecule has 0 spiro atoms. The van der Waals surface area contributed by atoms with E-state index < -0.39 is 15.9 Å². The summed E-state index contributed by atoms with van der Waals surface area (Å²) in [7, 11) is -1.97. The highest BCUT2D eigenvalue weighted by atomic mass is 32.2. The number of amides is 1. The van der Waals surface area contributed by atoms with Crippen molar-refractivity contribution in [3.8, 4) is 0 Å². The molecule has 4 rings (SSSR count). The van der Waals surface area contributed by atoms with Gasteiger partial charge in [-0.15, -0.1) is 16.9 Å². The average Bonchev–Trinajstić information content (AvgIpc) is 3.54. The first-order chi connectivity index (χ1) is 14.9. The minimum atomic E-state index is -3.55. The maximum absolute atomic E-state index is 12.6. The van der Waals surface area contributed by atoms with Crippen LogP contribution >= 0.6 is 11.8 Å². The van der Waals surface area contributed by atoms with Crippen LogP contribution in [0.2, 0.25) is 0 Å². The lowest BCUT2D eigenvalue weighted by molar-refractivity contribution is 0.102. The summed E-state index contributed by atoms with van der Waals surface area (Å²) in [6, 6.07) is 13.9. The minimum Gasteiger partial charge on any atom is -0.407 e. The van der Waals surface area contributed by atoms with Gasteiger partial charge in [0.1, 0.15) is 0 Å². The molecule has 0 unspecified atom stereocenters. The lowest BCUT2D eigenvalue weighted by Crippen LogP contribution is -2.29. The van der Waals surface area contributed by atoms with E-state index in [0.29, 0.717) is 17.9 Å². The molecule has 10 heteroatoms. The van der Waals surface area contributed by atoms with Gasteiger partial charge in [-0.2, -0.15) is 4.31 Å². The van der Waals surface area contributed by atoms with E-state index in [2.05, 4.69) is 15.5 Å². The zero-order chi connectivity index (χ0) is 22.0. The lowest BCUT2D eigenvalue weighted by Gasteiger charge is -2.16. The SMILES string of the molecule is CSc1ccc(Cc2nnc(NC(=O)c3ccc(S(=O)(=O)N(C)C4CC4)cc3)o2)cc1. The third-order valence-electron chi connectivity index (χ3n) is 5.06. The van der Waals surface area contributed by atoms with Crippen LogP contribution in [-0.4, -0.2) is 48.2 Å². The number of hydrogen-bond donors (Lipinski definition) is 1. The highest BCUT2D eigenvalue weighted by Crippen LogP contribution is 2.30. The first kappa shape index (κ1) is 21.5. The molecular formula is C21H22N4O4S2. The molecule has 1 saturated carbocycles. The van der Waals surface area contributed by atoms with Crippen molar-refractivity contribution in [3.63, 3.8) is 0 Å². The molecule has 0 aliphatic heterocycles. The van der Waals surface area contributed by atoms with Crippen molar-refractivity contribution in [1.29, 1.82) is 0 Å². The third-order valence-corrected chi connectivity index (χ3v) is 7.72. The van der Waals surface area contributed by atoms with Crippen LogP contribution in [0.5, 0.6) is 0 Å². The summed E-state index contributed by atoms with van der Waals surface area (Å²) in [4.78, 5) is 13.8. The molecule has 1 aliphatic rings. The molecule has 0 saturated heterocycles. The summed E-state index contributed by atoms with van der Waals surface area (Å²) >= 11 is 1.67. The average molecular weight is 459 g/mol. The summed E-state index contributed by atoms with van der Waals surface area (Å²) in [6.45, 7) is 0. The maximum atomic E-state index is 12.6. The number of benzene rings is 2. The Bertz CT molecular complexity index is 1170. The van der Waals surface area contributed by atoms with Crippen LogP contribution < -0.4 is 5.32 Å². The highest BCUT2D eigenvalue weighted by Gasteiger charge is 2.35. The van der Waals surface area contributed by atoms with Gasteiger partial charge < -0.3 is 4.42 Å². The van der Waals surface area contributed by atoms with E-state index in [1.54, 1.807) is 18.8 Å². The van der Waals surface area contributed by atoms with Crippen molar-refractivity contribution >= 4 is 33.7 Å². The molecule has 31 heavy (non-hydrogen) atoms. The van der Waals surface area contributed by atoms with Gasteiger partial charge in [-0.1, -0.05) is 17.2 Å². The number of carbonyl (C=O) groups excluding carboxylic acids is 1. The van der Waals surface area contributed by atoms with Crippen molar-refractivity contribution in [2.45, 2.75) is 35.1 Å². The Kier molecular flexibility index (Phi) is 6.12. The van der Waals surface area contributed by atoms with Gasteiger partial charge in [-0.05, 0) is 61.1 Å². The number of anilines is 1. The van der Waals surface area contributed by atoms with Gasteiger partial charge in [0.05, 0.1) is 11.3 Å². The summed E-state index contributed by atoms with van der Waals surface area (Å²) in [5.74, 6) is -0.0734. The zero-order valence-corrected chi connectivity index (χ0v) is 18.7. The molecule has 2 aromatic carbocycles. The van der Waals surface area contributed by atoms with Crippen LogP contribution in [0.15, 0.2) is 62.7 Å². The number of thioether (sulfide) groups is 1. The second-order valence-corrected chi connectivity index (χ2v) is 10.1. The molecule has 1 fully saturated rings. The molecule has 1 aliphatic carbocycles. The number of rotatable bonds is 8. The Morgan fingerprint density at radius 1 is 1.13 bits per heavy atom. The van der Waals surface area contributed by atoms with Gasteiger partial charge in [-0.3, -0.25) is 10.1 Å². The second-order valence-electron chi connectivity index (χ2n) is 7.26. The lowest BCUT2D eigenvalue weighted by atomic mass is 10.1. The van der Waals surface area contributed by atoms with Gasteiger partial charge in [0, 0.05) is 23.5 Å². The summed E-state index contributed by atoms with van der Waals surface area (Å²) < 4.78 is 32.0. The van der Waals surface area contributed by atoms with E-state index in [9.17, 15) is 13.2 Å². The summed E-state index contributed by atoms with van der Waals surface area (Å²) in [5.41, 5.74) is 1.31. The largest absolute Gasteiger partial charge is 0.407 e. The molecule has 162 valence electrons. The van der Waals surface area contributed by atoms with Crippen molar-refractivity contribution in [2.24, 2.45) is 0 Å². The van der Waals surface area contributed by atoms with Crippen LogP contribution in [0.1, 0.15) is 34.7 Å². The fourth-order valence-electron chi connectivity index (χ4n) is 3.04. The molecule has 0 atom stereocenters. The van der Waals surface area contributed by atoms with Gasteiger partial charge in [0.2, 0.25) is 15.9 Å².